The second-order valence-electron chi connectivity index (χ2n) is 7.28. The highest BCUT2D eigenvalue weighted by atomic mass is 35.5. The summed E-state index contributed by atoms with van der Waals surface area (Å²) in [4.78, 5) is 13.4. The van der Waals surface area contributed by atoms with Gasteiger partial charge in [-0.05, 0) is 25.0 Å². The van der Waals surface area contributed by atoms with E-state index in [0.717, 1.165) is 22.9 Å². The van der Waals surface area contributed by atoms with Crippen molar-refractivity contribution in [2.24, 2.45) is 0 Å². The summed E-state index contributed by atoms with van der Waals surface area (Å²) in [6, 6.07) is 13.9. The minimum Gasteiger partial charge on any atom is -0.496 e. The van der Waals surface area contributed by atoms with Crippen LogP contribution in [0.1, 0.15) is 11.1 Å². The molecule has 4 aromatic rings. The van der Waals surface area contributed by atoms with E-state index < -0.39 is 0 Å². The average Bonchev–Trinajstić information content (AvgIpc) is 2.80. The number of ether oxygens (including phenoxy) is 2. The second-order valence-corrected chi connectivity index (χ2v) is 7.66. The molecule has 0 saturated heterocycles. The number of aromatic nitrogens is 3. The number of fused-ring (bicyclic) bond motifs is 1. The van der Waals surface area contributed by atoms with Crippen LogP contribution >= 0.6 is 11.6 Å². The molecule has 2 aromatic carbocycles. The number of methoxy groups -OCH3 is 2. The van der Waals surface area contributed by atoms with Gasteiger partial charge in [-0.15, -0.1) is 0 Å². The number of rotatable bonds is 7. The van der Waals surface area contributed by atoms with Gasteiger partial charge in [-0.3, -0.25) is 0 Å². The summed E-state index contributed by atoms with van der Waals surface area (Å²) in [6.45, 7) is 2.61. The topological polar surface area (TPSA) is 95.2 Å². The van der Waals surface area contributed by atoms with Crippen molar-refractivity contribution in [2.45, 2.75) is 13.3 Å². The quantitative estimate of drug-likeness (QED) is 0.414. The van der Waals surface area contributed by atoms with Gasteiger partial charge >= 0.3 is 0 Å². The maximum atomic E-state index is 6.70. The first-order chi connectivity index (χ1) is 15.5. The van der Waals surface area contributed by atoms with Crippen LogP contribution in [0.15, 0.2) is 48.7 Å². The van der Waals surface area contributed by atoms with E-state index in [4.69, 9.17) is 31.8 Å². The second kappa shape index (κ2) is 9.28. The lowest BCUT2D eigenvalue weighted by atomic mass is 10.0. The number of hydrogen-bond donors (Lipinski definition) is 2. The highest BCUT2D eigenvalue weighted by Gasteiger charge is 2.20. The Labute approximate surface area is 191 Å². The third kappa shape index (κ3) is 4.24. The van der Waals surface area contributed by atoms with Crippen molar-refractivity contribution in [1.82, 2.24) is 15.0 Å². The lowest BCUT2D eigenvalue weighted by Gasteiger charge is -2.17. The summed E-state index contributed by atoms with van der Waals surface area (Å²) in [5.74, 6) is 1.98. The van der Waals surface area contributed by atoms with E-state index in [2.05, 4.69) is 27.4 Å². The van der Waals surface area contributed by atoms with Crippen molar-refractivity contribution in [2.75, 3.05) is 31.8 Å². The van der Waals surface area contributed by atoms with E-state index in [9.17, 15) is 0 Å². The van der Waals surface area contributed by atoms with Gasteiger partial charge in [0.15, 0.2) is 5.82 Å². The molecule has 0 bridgehead atoms. The Morgan fingerprint density at radius 1 is 1.03 bits per heavy atom. The highest BCUT2D eigenvalue weighted by molar-refractivity contribution is 6.35. The van der Waals surface area contributed by atoms with Gasteiger partial charge in [0.05, 0.1) is 24.9 Å². The zero-order valence-electron chi connectivity index (χ0n) is 18.1. The van der Waals surface area contributed by atoms with Gasteiger partial charge < -0.3 is 20.5 Å². The lowest BCUT2D eigenvalue weighted by molar-refractivity contribution is 0.393. The Hall–Kier alpha value is -3.58. The van der Waals surface area contributed by atoms with Crippen molar-refractivity contribution in [3.8, 4) is 22.8 Å². The van der Waals surface area contributed by atoms with Crippen LogP contribution in [0, 0.1) is 6.92 Å². The first-order valence-electron chi connectivity index (χ1n) is 10.1. The Kier molecular flexibility index (Phi) is 6.28. The number of nitrogens with zero attached hydrogens (tertiary/aromatic N) is 3. The van der Waals surface area contributed by atoms with Gasteiger partial charge in [0.1, 0.15) is 17.0 Å². The van der Waals surface area contributed by atoms with Gasteiger partial charge in [0.2, 0.25) is 5.95 Å². The predicted octanol–water partition coefficient (Wildman–Crippen LogP) is 4.91. The first kappa shape index (κ1) is 21.6. The molecule has 32 heavy (non-hydrogen) atoms. The molecule has 0 unspecified atom stereocenters. The molecule has 0 saturated carbocycles. The Balaban J connectivity index is 1.81. The van der Waals surface area contributed by atoms with Crippen LogP contribution in [0.2, 0.25) is 5.02 Å². The molecule has 0 fully saturated rings. The smallest absolute Gasteiger partial charge is 0.220 e. The maximum Gasteiger partial charge on any atom is 0.220 e. The summed E-state index contributed by atoms with van der Waals surface area (Å²) in [5.41, 5.74) is 9.98. The molecule has 8 heteroatoms. The van der Waals surface area contributed by atoms with Crippen LogP contribution in [0.3, 0.4) is 0 Å². The van der Waals surface area contributed by atoms with Gasteiger partial charge in [-0.1, -0.05) is 41.9 Å². The monoisotopic (exact) mass is 449 g/mol. The van der Waals surface area contributed by atoms with Gasteiger partial charge in [0.25, 0.3) is 0 Å². The molecule has 0 spiro atoms. The Bertz CT molecular complexity index is 1240. The SMILES string of the molecule is COc1cc(OC)c(Cl)c(-c2cc3cnc(N)nc3c(NCCc3ccccc3)n2)c1C. The van der Waals surface area contributed by atoms with Crippen LogP contribution in [0.25, 0.3) is 22.2 Å². The number of halogens is 1. The largest absolute Gasteiger partial charge is 0.496 e. The summed E-state index contributed by atoms with van der Waals surface area (Å²) >= 11 is 6.70. The van der Waals surface area contributed by atoms with Crippen molar-refractivity contribution in [3.63, 3.8) is 0 Å². The van der Waals surface area contributed by atoms with Crippen molar-refractivity contribution in [3.05, 3.63) is 64.8 Å². The maximum absolute atomic E-state index is 6.70. The van der Waals surface area contributed by atoms with E-state index in [-0.39, 0.29) is 5.95 Å². The van der Waals surface area contributed by atoms with Crippen LogP contribution < -0.4 is 20.5 Å². The summed E-state index contributed by atoms with van der Waals surface area (Å²) in [7, 11) is 3.18. The van der Waals surface area contributed by atoms with Crippen molar-refractivity contribution < 1.29 is 9.47 Å². The summed E-state index contributed by atoms with van der Waals surface area (Å²) in [6.07, 6.45) is 2.52. The fourth-order valence-corrected chi connectivity index (χ4v) is 4.01. The zero-order valence-corrected chi connectivity index (χ0v) is 18.9. The molecule has 164 valence electrons. The van der Waals surface area contributed by atoms with Crippen LogP contribution in [-0.4, -0.2) is 35.7 Å². The van der Waals surface area contributed by atoms with Crippen LogP contribution in [0.5, 0.6) is 11.5 Å². The number of nitrogen functional groups attached to an aromatic ring is 1. The predicted molar refractivity (Wildman–Crippen MR) is 129 cm³/mol. The molecule has 0 amide bonds. The van der Waals surface area contributed by atoms with Gasteiger partial charge in [0, 0.05) is 35.3 Å². The van der Waals surface area contributed by atoms with Crippen molar-refractivity contribution >= 4 is 34.3 Å². The molecular formula is C24H24ClN5O2. The molecule has 2 heterocycles. The lowest BCUT2D eigenvalue weighted by Crippen LogP contribution is -2.09. The molecule has 4 rings (SSSR count). The van der Waals surface area contributed by atoms with Gasteiger partial charge in [-0.25, -0.2) is 15.0 Å². The molecule has 0 aliphatic heterocycles. The number of pyridine rings is 1. The average molecular weight is 450 g/mol. The number of nitrogens with one attached hydrogen (secondary N) is 1. The summed E-state index contributed by atoms with van der Waals surface area (Å²) in [5, 5.41) is 4.66. The highest BCUT2D eigenvalue weighted by Crippen LogP contribution is 2.43. The van der Waals surface area contributed by atoms with E-state index in [1.807, 2.05) is 31.2 Å². The molecule has 2 aromatic heterocycles. The Morgan fingerprint density at radius 3 is 2.50 bits per heavy atom. The van der Waals surface area contributed by atoms with Crippen LogP contribution in [-0.2, 0) is 6.42 Å². The normalized spacial score (nSPS) is 10.9. The molecule has 7 nitrogen and oxygen atoms in total. The fourth-order valence-electron chi connectivity index (χ4n) is 3.64. The van der Waals surface area contributed by atoms with Crippen LogP contribution in [0.4, 0.5) is 11.8 Å². The minimum atomic E-state index is 0.190. The molecular weight excluding hydrogens is 426 g/mol. The number of benzene rings is 2. The molecule has 0 radical (unpaired) electrons. The van der Waals surface area contributed by atoms with Crippen molar-refractivity contribution in [1.29, 1.82) is 0 Å². The Morgan fingerprint density at radius 2 is 1.78 bits per heavy atom. The van der Waals surface area contributed by atoms with E-state index in [0.29, 0.717) is 40.1 Å². The number of anilines is 2. The number of nitrogens with two attached hydrogens (primary N) is 1. The standard InChI is InChI=1S/C24H24ClN5O2/c1-14-18(31-2)12-19(32-3)21(25)20(14)17-11-16-13-28-24(26)30-22(16)23(29-17)27-10-9-15-7-5-4-6-8-15/h4-8,11-13H,9-10H2,1-3H3,(H,27,29)(H2,26,28,30). The fraction of sp³-hybridized carbons (Fsp3) is 0.208. The van der Waals surface area contributed by atoms with Gasteiger partial charge in [-0.2, -0.15) is 0 Å². The van der Waals surface area contributed by atoms with E-state index in [1.54, 1.807) is 26.5 Å². The summed E-state index contributed by atoms with van der Waals surface area (Å²) < 4.78 is 11.0. The molecule has 0 aliphatic rings. The van der Waals surface area contributed by atoms with E-state index in [1.165, 1.54) is 5.56 Å². The molecule has 3 N–H and O–H groups in total. The third-order valence-corrected chi connectivity index (χ3v) is 5.65. The van der Waals surface area contributed by atoms with E-state index >= 15 is 0 Å². The molecule has 0 atom stereocenters. The number of hydrogen-bond acceptors (Lipinski definition) is 7. The third-order valence-electron chi connectivity index (χ3n) is 5.27. The molecule has 0 aliphatic carbocycles. The first-order valence-corrected chi connectivity index (χ1v) is 10.5. The zero-order chi connectivity index (χ0) is 22.7. The minimum absolute atomic E-state index is 0.190.